The summed E-state index contributed by atoms with van der Waals surface area (Å²) in [5.74, 6) is -0.318. The molecule has 2 N–H and O–H groups in total. The lowest BCUT2D eigenvalue weighted by Crippen LogP contribution is -2.48. The molecule has 0 aliphatic carbocycles. The Hall–Kier alpha value is -2.70. The van der Waals surface area contributed by atoms with E-state index in [1.807, 2.05) is 50.2 Å². The van der Waals surface area contributed by atoms with Gasteiger partial charge in [-0.3, -0.25) is 14.5 Å². The molecule has 2 amide bonds. The Morgan fingerprint density at radius 3 is 2.38 bits per heavy atom. The molecule has 0 unspecified atom stereocenters. The first-order valence-corrected chi connectivity index (χ1v) is 10.1. The molecule has 154 valence electrons. The lowest BCUT2D eigenvalue weighted by Gasteiger charge is -2.34. The van der Waals surface area contributed by atoms with Crippen LogP contribution in [0.5, 0.6) is 0 Å². The van der Waals surface area contributed by atoms with Crippen LogP contribution < -0.4 is 10.6 Å². The zero-order valence-electron chi connectivity index (χ0n) is 17.1. The van der Waals surface area contributed by atoms with Gasteiger partial charge in [0.25, 0.3) is 5.91 Å². The van der Waals surface area contributed by atoms with Gasteiger partial charge in [-0.05, 0) is 38.0 Å². The number of hydrogen-bond acceptors (Lipinski definition) is 4. The van der Waals surface area contributed by atoms with Crippen molar-refractivity contribution in [3.05, 3.63) is 65.7 Å². The van der Waals surface area contributed by atoms with Gasteiger partial charge >= 0.3 is 0 Å². The van der Waals surface area contributed by atoms with E-state index >= 15 is 0 Å². The molecule has 29 heavy (non-hydrogen) atoms. The molecule has 2 atom stereocenters. The minimum absolute atomic E-state index is 0.106. The SMILES string of the molecule is C[C@@H]1CN(CC(=O)Nc2ccccc2C(=O)NCCc2ccccc2)C[C@H](C)O1. The van der Waals surface area contributed by atoms with Crippen LogP contribution in [0.3, 0.4) is 0 Å². The third kappa shape index (κ3) is 6.41. The first-order chi connectivity index (χ1) is 14.0. The fourth-order valence-electron chi connectivity index (χ4n) is 3.66. The molecule has 1 heterocycles. The fourth-order valence-corrected chi connectivity index (χ4v) is 3.66. The molecule has 2 aromatic carbocycles. The Bertz CT molecular complexity index is 815. The van der Waals surface area contributed by atoms with Gasteiger partial charge in [0.05, 0.1) is 30.0 Å². The lowest BCUT2D eigenvalue weighted by atomic mass is 10.1. The minimum Gasteiger partial charge on any atom is -0.373 e. The van der Waals surface area contributed by atoms with E-state index in [0.717, 1.165) is 19.5 Å². The van der Waals surface area contributed by atoms with Crippen LogP contribution in [0.2, 0.25) is 0 Å². The van der Waals surface area contributed by atoms with Crippen LogP contribution >= 0.6 is 0 Å². The van der Waals surface area contributed by atoms with Crippen molar-refractivity contribution in [2.45, 2.75) is 32.5 Å². The van der Waals surface area contributed by atoms with Crippen LogP contribution in [0.25, 0.3) is 0 Å². The molecular formula is C23H29N3O3. The standard InChI is InChI=1S/C23H29N3O3/c1-17-14-26(15-18(2)29-17)16-22(27)25-21-11-7-6-10-20(21)23(28)24-13-12-19-8-4-3-5-9-19/h3-11,17-18H,12-16H2,1-2H3,(H,24,28)(H,25,27)/t17-,18+. The summed E-state index contributed by atoms with van der Waals surface area (Å²) in [5.41, 5.74) is 2.17. The third-order valence-corrected chi connectivity index (χ3v) is 4.85. The number of para-hydroxylation sites is 1. The van der Waals surface area contributed by atoms with E-state index in [-0.39, 0.29) is 30.6 Å². The largest absolute Gasteiger partial charge is 0.373 e. The van der Waals surface area contributed by atoms with Gasteiger partial charge in [0.1, 0.15) is 0 Å². The van der Waals surface area contributed by atoms with Crippen molar-refractivity contribution < 1.29 is 14.3 Å². The predicted octanol–water partition coefficient (Wildman–Crippen LogP) is 2.71. The minimum atomic E-state index is -0.189. The van der Waals surface area contributed by atoms with Crippen LogP contribution in [0, 0.1) is 0 Å². The molecular weight excluding hydrogens is 366 g/mol. The highest BCUT2D eigenvalue weighted by Gasteiger charge is 2.24. The second-order valence-corrected chi connectivity index (χ2v) is 7.54. The van der Waals surface area contributed by atoms with Gasteiger partial charge in [0.15, 0.2) is 0 Å². The van der Waals surface area contributed by atoms with E-state index in [2.05, 4.69) is 15.5 Å². The topological polar surface area (TPSA) is 70.7 Å². The molecule has 0 radical (unpaired) electrons. The van der Waals surface area contributed by atoms with Crippen molar-refractivity contribution >= 4 is 17.5 Å². The number of rotatable bonds is 7. The van der Waals surface area contributed by atoms with Crippen LogP contribution in [0.4, 0.5) is 5.69 Å². The Morgan fingerprint density at radius 2 is 1.66 bits per heavy atom. The smallest absolute Gasteiger partial charge is 0.253 e. The fraction of sp³-hybridized carbons (Fsp3) is 0.391. The van der Waals surface area contributed by atoms with E-state index in [0.29, 0.717) is 17.8 Å². The lowest BCUT2D eigenvalue weighted by molar-refractivity contribution is -0.121. The highest BCUT2D eigenvalue weighted by molar-refractivity contribution is 6.04. The average Bonchev–Trinajstić information content (AvgIpc) is 2.68. The third-order valence-electron chi connectivity index (χ3n) is 4.85. The van der Waals surface area contributed by atoms with Gasteiger partial charge in [-0.1, -0.05) is 42.5 Å². The zero-order valence-corrected chi connectivity index (χ0v) is 17.1. The quantitative estimate of drug-likeness (QED) is 0.756. The summed E-state index contributed by atoms with van der Waals surface area (Å²) in [5, 5.41) is 5.83. The predicted molar refractivity (Wildman–Crippen MR) is 114 cm³/mol. The van der Waals surface area contributed by atoms with Gasteiger partial charge in [-0.2, -0.15) is 0 Å². The first-order valence-electron chi connectivity index (χ1n) is 10.1. The summed E-state index contributed by atoms with van der Waals surface area (Å²) in [6.45, 7) is 6.28. The first kappa shape index (κ1) is 21.0. The average molecular weight is 396 g/mol. The molecule has 1 fully saturated rings. The Labute approximate surface area is 172 Å². The summed E-state index contributed by atoms with van der Waals surface area (Å²) < 4.78 is 5.71. The van der Waals surface area contributed by atoms with Gasteiger partial charge in [0.2, 0.25) is 5.91 Å². The summed E-state index contributed by atoms with van der Waals surface area (Å²) in [6.07, 6.45) is 0.970. The molecule has 6 heteroatoms. The molecule has 1 aliphatic heterocycles. The van der Waals surface area contributed by atoms with Crippen LogP contribution in [-0.4, -0.2) is 55.1 Å². The van der Waals surface area contributed by atoms with Crippen molar-refractivity contribution in [3.8, 4) is 0 Å². The van der Waals surface area contributed by atoms with Crippen molar-refractivity contribution in [1.82, 2.24) is 10.2 Å². The molecule has 0 bridgehead atoms. The van der Waals surface area contributed by atoms with Crippen LogP contribution in [0.1, 0.15) is 29.8 Å². The maximum Gasteiger partial charge on any atom is 0.253 e. The summed E-state index contributed by atoms with van der Waals surface area (Å²) in [4.78, 5) is 27.2. The van der Waals surface area contributed by atoms with E-state index in [9.17, 15) is 9.59 Å². The monoisotopic (exact) mass is 395 g/mol. The van der Waals surface area contributed by atoms with Crippen LogP contribution in [-0.2, 0) is 16.0 Å². The van der Waals surface area contributed by atoms with E-state index in [1.54, 1.807) is 18.2 Å². The maximum absolute atomic E-state index is 12.6. The van der Waals surface area contributed by atoms with Gasteiger partial charge in [-0.25, -0.2) is 0 Å². The number of morpholine rings is 1. The normalized spacial score (nSPS) is 19.5. The highest BCUT2D eigenvalue weighted by atomic mass is 16.5. The van der Waals surface area contributed by atoms with Crippen molar-refractivity contribution in [1.29, 1.82) is 0 Å². The number of nitrogens with one attached hydrogen (secondary N) is 2. The number of hydrogen-bond donors (Lipinski definition) is 2. The number of benzene rings is 2. The molecule has 2 aromatic rings. The van der Waals surface area contributed by atoms with Gasteiger partial charge in [-0.15, -0.1) is 0 Å². The number of nitrogens with zero attached hydrogens (tertiary/aromatic N) is 1. The van der Waals surface area contributed by atoms with E-state index < -0.39 is 0 Å². The molecule has 6 nitrogen and oxygen atoms in total. The van der Waals surface area contributed by atoms with E-state index in [4.69, 9.17) is 4.74 Å². The molecule has 0 saturated carbocycles. The van der Waals surface area contributed by atoms with Crippen molar-refractivity contribution in [2.75, 3.05) is 31.5 Å². The number of ether oxygens (including phenoxy) is 1. The van der Waals surface area contributed by atoms with E-state index in [1.165, 1.54) is 5.56 Å². The second-order valence-electron chi connectivity index (χ2n) is 7.54. The molecule has 3 rings (SSSR count). The summed E-state index contributed by atoms with van der Waals surface area (Å²) in [6, 6.07) is 17.1. The van der Waals surface area contributed by atoms with Crippen molar-refractivity contribution in [2.24, 2.45) is 0 Å². The van der Waals surface area contributed by atoms with Gasteiger partial charge in [0, 0.05) is 19.6 Å². The zero-order chi connectivity index (χ0) is 20.6. The Morgan fingerprint density at radius 1 is 1.00 bits per heavy atom. The Balaban J connectivity index is 1.55. The second kappa shape index (κ2) is 10.2. The number of amides is 2. The molecule has 1 aliphatic rings. The molecule has 0 spiro atoms. The highest BCUT2D eigenvalue weighted by Crippen LogP contribution is 2.16. The van der Waals surface area contributed by atoms with Crippen LogP contribution in [0.15, 0.2) is 54.6 Å². The van der Waals surface area contributed by atoms with Gasteiger partial charge < -0.3 is 15.4 Å². The number of carbonyl (C=O) groups excluding carboxylic acids is 2. The maximum atomic E-state index is 12.6. The van der Waals surface area contributed by atoms with Crippen molar-refractivity contribution in [3.63, 3.8) is 0 Å². The Kier molecular flexibility index (Phi) is 7.38. The molecule has 1 saturated heterocycles. The summed E-state index contributed by atoms with van der Waals surface area (Å²) >= 11 is 0. The summed E-state index contributed by atoms with van der Waals surface area (Å²) in [7, 11) is 0. The number of anilines is 1. The number of carbonyl (C=O) groups is 2. The molecule has 0 aromatic heterocycles.